The first-order chi connectivity index (χ1) is 13.7. The molecule has 2 aliphatic heterocycles. The van der Waals surface area contributed by atoms with Crippen LogP contribution in [-0.2, 0) is 11.3 Å². The molecule has 4 rings (SSSR count). The van der Waals surface area contributed by atoms with Crippen molar-refractivity contribution in [1.82, 2.24) is 15.8 Å². The highest BCUT2D eigenvalue weighted by atomic mass is 16.5. The van der Waals surface area contributed by atoms with Crippen molar-refractivity contribution in [3.63, 3.8) is 0 Å². The SMILES string of the molecule is COc1cccc(OCC2CC(C(=O)N3CCOc4ccccc4C3)NN2)c1. The quantitative estimate of drug-likeness (QED) is 0.819. The van der Waals surface area contributed by atoms with Gasteiger partial charge in [0.15, 0.2) is 0 Å². The summed E-state index contributed by atoms with van der Waals surface area (Å²) in [6.07, 6.45) is 0.668. The lowest BCUT2D eigenvalue weighted by atomic mass is 10.1. The Morgan fingerprint density at radius 1 is 1.18 bits per heavy atom. The molecule has 2 aromatic carbocycles. The lowest BCUT2D eigenvalue weighted by Gasteiger charge is -2.23. The van der Waals surface area contributed by atoms with Crippen molar-refractivity contribution in [3.05, 3.63) is 54.1 Å². The number of hydrazine groups is 1. The number of carbonyl (C=O) groups excluding carboxylic acids is 1. The van der Waals surface area contributed by atoms with Crippen LogP contribution in [-0.4, -0.2) is 49.8 Å². The molecule has 2 aromatic rings. The maximum atomic E-state index is 13.0. The molecule has 0 aromatic heterocycles. The van der Waals surface area contributed by atoms with Gasteiger partial charge in [-0.15, -0.1) is 0 Å². The smallest absolute Gasteiger partial charge is 0.241 e. The minimum atomic E-state index is -0.274. The molecule has 0 radical (unpaired) electrons. The Morgan fingerprint density at radius 3 is 2.93 bits per heavy atom. The van der Waals surface area contributed by atoms with E-state index < -0.39 is 0 Å². The zero-order valence-electron chi connectivity index (χ0n) is 15.9. The molecule has 2 N–H and O–H groups in total. The van der Waals surface area contributed by atoms with Crippen LogP contribution in [0.2, 0.25) is 0 Å². The molecule has 0 aliphatic carbocycles. The molecule has 0 spiro atoms. The van der Waals surface area contributed by atoms with Crippen molar-refractivity contribution in [2.24, 2.45) is 0 Å². The van der Waals surface area contributed by atoms with E-state index in [1.54, 1.807) is 7.11 Å². The Bertz CT molecular complexity index is 829. The van der Waals surface area contributed by atoms with Gasteiger partial charge in [0, 0.05) is 18.2 Å². The maximum Gasteiger partial charge on any atom is 0.241 e. The number of methoxy groups -OCH3 is 1. The number of hydrogen-bond acceptors (Lipinski definition) is 6. The highest BCUT2D eigenvalue weighted by Crippen LogP contribution is 2.24. The lowest BCUT2D eigenvalue weighted by molar-refractivity contribution is -0.133. The molecule has 28 heavy (non-hydrogen) atoms. The van der Waals surface area contributed by atoms with E-state index in [9.17, 15) is 4.79 Å². The van der Waals surface area contributed by atoms with Crippen LogP contribution in [0.15, 0.2) is 48.5 Å². The Balaban J connectivity index is 1.31. The van der Waals surface area contributed by atoms with Gasteiger partial charge >= 0.3 is 0 Å². The summed E-state index contributed by atoms with van der Waals surface area (Å²) >= 11 is 0. The molecule has 7 heteroatoms. The number of amides is 1. The summed E-state index contributed by atoms with van der Waals surface area (Å²) in [7, 11) is 1.63. The van der Waals surface area contributed by atoms with Gasteiger partial charge in [-0.25, -0.2) is 5.43 Å². The fourth-order valence-corrected chi connectivity index (χ4v) is 3.52. The third-order valence-electron chi connectivity index (χ3n) is 5.04. The van der Waals surface area contributed by atoms with E-state index >= 15 is 0 Å². The fourth-order valence-electron chi connectivity index (χ4n) is 3.52. The van der Waals surface area contributed by atoms with E-state index in [1.807, 2.05) is 53.4 Å². The van der Waals surface area contributed by atoms with Crippen LogP contribution in [0.4, 0.5) is 0 Å². The van der Waals surface area contributed by atoms with Crippen molar-refractivity contribution in [3.8, 4) is 17.2 Å². The van der Waals surface area contributed by atoms with E-state index in [2.05, 4.69) is 10.9 Å². The van der Waals surface area contributed by atoms with Gasteiger partial charge in [-0.2, -0.15) is 0 Å². The van der Waals surface area contributed by atoms with Gasteiger partial charge in [0.2, 0.25) is 5.91 Å². The predicted molar refractivity (Wildman–Crippen MR) is 104 cm³/mol. The van der Waals surface area contributed by atoms with Gasteiger partial charge in [0.25, 0.3) is 0 Å². The number of carbonyl (C=O) groups is 1. The molecule has 2 unspecified atom stereocenters. The number of fused-ring (bicyclic) bond motifs is 1. The first kappa shape index (κ1) is 18.6. The van der Waals surface area contributed by atoms with E-state index in [4.69, 9.17) is 14.2 Å². The van der Waals surface area contributed by atoms with Gasteiger partial charge in [-0.1, -0.05) is 24.3 Å². The average molecular weight is 383 g/mol. The summed E-state index contributed by atoms with van der Waals surface area (Å²) in [6, 6.07) is 15.2. The normalized spacial score (nSPS) is 21.4. The summed E-state index contributed by atoms with van der Waals surface area (Å²) in [4.78, 5) is 14.8. The molecule has 2 aliphatic rings. The van der Waals surface area contributed by atoms with Crippen LogP contribution < -0.4 is 25.1 Å². The van der Waals surface area contributed by atoms with Crippen LogP contribution in [0.3, 0.4) is 0 Å². The Kier molecular flexibility index (Phi) is 5.64. The highest BCUT2D eigenvalue weighted by Gasteiger charge is 2.33. The van der Waals surface area contributed by atoms with Gasteiger partial charge in [0.1, 0.15) is 36.5 Å². The number of ether oxygens (including phenoxy) is 3. The van der Waals surface area contributed by atoms with Gasteiger partial charge < -0.3 is 19.1 Å². The van der Waals surface area contributed by atoms with Crippen molar-refractivity contribution >= 4 is 5.91 Å². The van der Waals surface area contributed by atoms with Crippen molar-refractivity contribution in [2.75, 3.05) is 26.9 Å². The largest absolute Gasteiger partial charge is 0.497 e. The number of benzene rings is 2. The summed E-state index contributed by atoms with van der Waals surface area (Å²) < 4.78 is 16.8. The topological polar surface area (TPSA) is 72.1 Å². The van der Waals surface area contributed by atoms with Crippen molar-refractivity contribution in [1.29, 1.82) is 0 Å². The van der Waals surface area contributed by atoms with E-state index in [1.165, 1.54) is 0 Å². The first-order valence-corrected chi connectivity index (χ1v) is 9.50. The second-order valence-electron chi connectivity index (χ2n) is 6.98. The zero-order valence-corrected chi connectivity index (χ0v) is 15.9. The van der Waals surface area contributed by atoms with Crippen LogP contribution in [0.5, 0.6) is 17.2 Å². The zero-order chi connectivity index (χ0) is 19.3. The first-order valence-electron chi connectivity index (χ1n) is 9.50. The molecule has 2 heterocycles. The van der Waals surface area contributed by atoms with E-state index in [0.29, 0.717) is 32.7 Å². The Labute approximate surface area is 164 Å². The molecular formula is C21H25N3O4. The second-order valence-corrected chi connectivity index (χ2v) is 6.98. The molecule has 0 bridgehead atoms. The number of rotatable bonds is 5. The van der Waals surface area contributed by atoms with Gasteiger partial charge in [0.05, 0.1) is 19.7 Å². The van der Waals surface area contributed by atoms with Crippen LogP contribution in [0.25, 0.3) is 0 Å². The molecule has 1 amide bonds. The molecule has 1 fully saturated rings. The van der Waals surface area contributed by atoms with Crippen LogP contribution in [0.1, 0.15) is 12.0 Å². The lowest BCUT2D eigenvalue weighted by Crippen LogP contribution is -2.46. The van der Waals surface area contributed by atoms with Crippen LogP contribution >= 0.6 is 0 Å². The number of hydrogen-bond donors (Lipinski definition) is 2. The molecule has 1 saturated heterocycles. The Morgan fingerprint density at radius 2 is 2.04 bits per heavy atom. The predicted octanol–water partition coefficient (Wildman–Crippen LogP) is 1.73. The summed E-state index contributed by atoms with van der Waals surface area (Å²) in [5.41, 5.74) is 7.33. The third kappa shape index (κ3) is 4.21. The third-order valence-corrected chi connectivity index (χ3v) is 5.04. The molecule has 7 nitrogen and oxygen atoms in total. The maximum absolute atomic E-state index is 13.0. The number of nitrogens with zero attached hydrogens (tertiary/aromatic N) is 1. The average Bonchev–Trinajstić information content (AvgIpc) is 3.10. The summed E-state index contributed by atoms with van der Waals surface area (Å²) in [6.45, 7) is 2.12. The molecule has 148 valence electrons. The highest BCUT2D eigenvalue weighted by molar-refractivity contribution is 5.82. The fraction of sp³-hybridized carbons (Fsp3) is 0.381. The number of para-hydroxylation sites is 1. The molecule has 0 saturated carbocycles. The molecule has 2 atom stereocenters. The van der Waals surface area contributed by atoms with E-state index in [-0.39, 0.29) is 18.0 Å². The Hall–Kier alpha value is -2.77. The molecular weight excluding hydrogens is 358 g/mol. The number of nitrogens with one attached hydrogen (secondary N) is 2. The standard InChI is InChI=1S/C21H25N3O4/c1-26-17-6-4-7-18(12-17)28-14-16-11-19(23-22-16)21(25)24-9-10-27-20-8-3-2-5-15(20)13-24/h2-8,12,16,19,22-23H,9-11,13-14H2,1H3. The second kappa shape index (κ2) is 8.50. The minimum absolute atomic E-state index is 0.0515. The van der Waals surface area contributed by atoms with Crippen molar-refractivity contribution < 1.29 is 19.0 Å². The van der Waals surface area contributed by atoms with E-state index in [0.717, 1.165) is 22.8 Å². The van der Waals surface area contributed by atoms with Crippen LogP contribution in [0, 0.1) is 0 Å². The minimum Gasteiger partial charge on any atom is -0.497 e. The summed E-state index contributed by atoms with van der Waals surface area (Å²) in [5, 5.41) is 0. The summed E-state index contributed by atoms with van der Waals surface area (Å²) in [5.74, 6) is 2.44. The van der Waals surface area contributed by atoms with Gasteiger partial charge in [-0.05, 0) is 24.6 Å². The monoisotopic (exact) mass is 383 g/mol. The van der Waals surface area contributed by atoms with Gasteiger partial charge in [-0.3, -0.25) is 10.2 Å². The van der Waals surface area contributed by atoms with Crippen molar-refractivity contribution in [2.45, 2.75) is 25.0 Å².